The molecule has 0 atom stereocenters. The third-order valence-corrected chi connectivity index (χ3v) is 3.51. The fourth-order valence-corrected chi connectivity index (χ4v) is 2.56. The summed E-state index contributed by atoms with van der Waals surface area (Å²) in [7, 11) is 0. The van der Waals surface area contributed by atoms with Crippen LogP contribution in [0.4, 0.5) is 0 Å². The number of likely N-dealkylation sites (tertiary alicyclic amines) is 1. The predicted octanol–water partition coefficient (Wildman–Crippen LogP) is 1.63. The molecule has 3 heteroatoms. The van der Waals surface area contributed by atoms with E-state index >= 15 is 0 Å². The minimum Gasteiger partial charge on any atom is -0.368 e. The number of benzene rings is 1. The van der Waals surface area contributed by atoms with Gasteiger partial charge in [0.25, 0.3) is 0 Å². The quantitative estimate of drug-likeness (QED) is 0.853. The molecule has 17 heavy (non-hydrogen) atoms. The van der Waals surface area contributed by atoms with Gasteiger partial charge in [0.2, 0.25) is 0 Å². The van der Waals surface area contributed by atoms with Crippen molar-refractivity contribution >= 4 is 5.84 Å². The van der Waals surface area contributed by atoms with Crippen LogP contribution in [0.25, 0.3) is 0 Å². The number of rotatable bonds is 3. The Labute approximate surface area is 103 Å². The van der Waals surface area contributed by atoms with Crippen molar-refractivity contribution in [2.45, 2.75) is 19.4 Å². The zero-order valence-electron chi connectivity index (χ0n) is 10.2. The van der Waals surface area contributed by atoms with Gasteiger partial charge in [-0.3, -0.25) is 9.89 Å². The van der Waals surface area contributed by atoms with E-state index in [-0.39, 0.29) is 0 Å². The van der Waals surface area contributed by atoms with Gasteiger partial charge >= 0.3 is 0 Å². The molecule has 1 aromatic carbocycles. The lowest BCUT2D eigenvalue weighted by atomic mass is 10.1. The lowest BCUT2D eigenvalue weighted by molar-refractivity contribution is 0.331. The third-order valence-electron chi connectivity index (χ3n) is 3.51. The summed E-state index contributed by atoms with van der Waals surface area (Å²) in [5.74, 6) is 1.05. The second kappa shape index (κ2) is 4.88. The molecule has 0 unspecified atom stereocenters. The molecule has 3 nitrogen and oxygen atoms in total. The van der Waals surface area contributed by atoms with Crippen molar-refractivity contribution in [3.05, 3.63) is 35.4 Å². The van der Waals surface area contributed by atoms with Crippen LogP contribution in [0, 0.1) is 0 Å². The molecule has 0 radical (unpaired) electrons. The van der Waals surface area contributed by atoms with Gasteiger partial charge in [-0.05, 0) is 31.5 Å². The first-order valence-corrected chi connectivity index (χ1v) is 6.52. The zero-order chi connectivity index (χ0) is 11.5. The van der Waals surface area contributed by atoms with E-state index in [0.29, 0.717) is 0 Å². The van der Waals surface area contributed by atoms with Crippen LogP contribution in [0.15, 0.2) is 29.3 Å². The highest BCUT2D eigenvalue weighted by Gasteiger charge is 2.12. The second-order valence-corrected chi connectivity index (χ2v) is 4.84. The van der Waals surface area contributed by atoms with Gasteiger partial charge in [0.1, 0.15) is 5.84 Å². The topological polar surface area (TPSA) is 27.6 Å². The van der Waals surface area contributed by atoms with E-state index in [4.69, 9.17) is 0 Å². The Balaban J connectivity index is 1.66. The van der Waals surface area contributed by atoms with Gasteiger partial charge in [0, 0.05) is 18.7 Å². The van der Waals surface area contributed by atoms with Crippen LogP contribution in [0.1, 0.15) is 24.0 Å². The lowest BCUT2D eigenvalue weighted by Crippen LogP contribution is -2.20. The first-order chi connectivity index (χ1) is 8.42. The monoisotopic (exact) mass is 229 g/mol. The normalized spacial score (nSPS) is 20.4. The first kappa shape index (κ1) is 10.8. The molecule has 2 aliphatic heterocycles. The molecule has 0 bridgehead atoms. The van der Waals surface area contributed by atoms with Crippen LogP contribution in [-0.2, 0) is 6.54 Å². The van der Waals surface area contributed by atoms with E-state index in [1.807, 2.05) is 0 Å². The molecular weight excluding hydrogens is 210 g/mol. The Morgan fingerprint density at radius 2 is 1.88 bits per heavy atom. The van der Waals surface area contributed by atoms with Crippen molar-refractivity contribution in [3.8, 4) is 0 Å². The molecule has 0 spiro atoms. The molecule has 1 aromatic rings. The summed E-state index contributed by atoms with van der Waals surface area (Å²) in [4.78, 5) is 6.96. The standard InChI is InChI=1S/C14H19N3/c1-2-10-17(9-1)11-12-3-5-13(6-4-12)14-15-7-8-16-14/h3-6H,1-2,7-11H2,(H,15,16). The Hall–Kier alpha value is -1.35. The Morgan fingerprint density at radius 3 is 2.53 bits per heavy atom. The fourth-order valence-electron chi connectivity index (χ4n) is 2.56. The van der Waals surface area contributed by atoms with E-state index in [9.17, 15) is 0 Å². The predicted molar refractivity (Wildman–Crippen MR) is 70.4 cm³/mol. The van der Waals surface area contributed by atoms with Gasteiger partial charge in [0.05, 0.1) is 6.54 Å². The highest BCUT2D eigenvalue weighted by atomic mass is 15.1. The SMILES string of the molecule is c1cc(C2=NCCN2)ccc1CN1CCCC1. The molecule has 2 heterocycles. The Kier molecular flexibility index (Phi) is 3.10. The number of hydrogen-bond donors (Lipinski definition) is 1. The number of aliphatic imine (C=N–C) groups is 1. The number of nitrogens with zero attached hydrogens (tertiary/aromatic N) is 2. The molecule has 0 amide bonds. The van der Waals surface area contributed by atoms with Crippen LogP contribution in [0.3, 0.4) is 0 Å². The van der Waals surface area contributed by atoms with Crippen LogP contribution in [0.2, 0.25) is 0 Å². The number of amidine groups is 1. The average molecular weight is 229 g/mol. The highest BCUT2D eigenvalue weighted by molar-refractivity contribution is 5.99. The van der Waals surface area contributed by atoms with Gasteiger partial charge in [-0.2, -0.15) is 0 Å². The molecule has 0 aliphatic carbocycles. The van der Waals surface area contributed by atoms with Crippen LogP contribution >= 0.6 is 0 Å². The zero-order valence-corrected chi connectivity index (χ0v) is 10.2. The molecule has 1 fully saturated rings. The Bertz CT molecular complexity index is 402. The van der Waals surface area contributed by atoms with E-state index in [1.54, 1.807) is 0 Å². The summed E-state index contributed by atoms with van der Waals surface area (Å²) in [5.41, 5.74) is 2.63. The minimum absolute atomic E-state index is 0.908. The molecule has 1 N–H and O–H groups in total. The van der Waals surface area contributed by atoms with Crippen molar-refractivity contribution in [2.24, 2.45) is 4.99 Å². The van der Waals surface area contributed by atoms with Crippen molar-refractivity contribution in [1.29, 1.82) is 0 Å². The summed E-state index contributed by atoms with van der Waals surface area (Å²) in [6.07, 6.45) is 2.72. The maximum atomic E-state index is 4.43. The van der Waals surface area contributed by atoms with Gasteiger partial charge in [-0.1, -0.05) is 24.3 Å². The van der Waals surface area contributed by atoms with Crippen molar-refractivity contribution < 1.29 is 0 Å². The van der Waals surface area contributed by atoms with E-state index in [2.05, 4.69) is 39.5 Å². The molecule has 0 saturated carbocycles. The second-order valence-electron chi connectivity index (χ2n) is 4.84. The molecule has 3 rings (SSSR count). The van der Waals surface area contributed by atoms with Gasteiger partial charge in [0.15, 0.2) is 0 Å². The maximum Gasteiger partial charge on any atom is 0.128 e. The van der Waals surface area contributed by atoms with Crippen LogP contribution in [-0.4, -0.2) is 36.9 Å². The highest BCUT2D eigenvalue weighted by Crippen LogP contribution is 2.13. The summed E-state index contributed by atoms with van der Waals surface area (Å²) in [6, 6.07) is 8.83. The van der Waals surface area contributed by atoms with Crippen molar-refractivity contribution in [2.75, 3.05) is 26.2 Å². The number of hydrogen-bond acceptors (Lipinski definition) is 3. The first-order valence-electron chi connectivity index (χ1n) is 6.52. The lowest BCUT2D eigenvalue weighted by Gasteiger charge is -2.14. The van der Waals surface area contributed by atoms with E-state index in [1.165, 1.54) is 37.1 Å². The summed E-state index contributed by atoms with van der Waals surface area (Å²) < 4.78 is 0. The number of nitrogens with one attached hydrogen (secondary N) is 1. The van der Waals surface area contributed by atoms with Crippen LogP contribution < -0.4 is 5.32 Å². The van der Waals surface area contributed by atoms with E-state index < -0.39 is 0 Å². The average Bonchev–Trinajstić information content (AvgIpc) is 3.01. The van der Waals surface area contributed by atoms with Crippen LogP contribution in [0.5, 0.6) is 0 Å². The Morgan fingerprint density at radius 1 is 1.12 bits per heavy atom. The minimum atomic E-state index is 0.908. The van der Waals surface area contributed by atoms with Gasteiger partial charge in [-0.15, -0.1) is 0 Å². The third kappa shape index (κ3) is 2.50. The fraction of sp³-hybridized carbons (Fsp3) is 0.500. The van der Waals surface area contributed by atoms with Crippen molar-refractivity contribution in [1.82, 2.24) is 10.2 Å². The molecule has 90 valence electrons. The smallest absolute Gasteiger partial charge is 0.128 e. The van der Waals surface area contributed by atoms with Gasteiger partial charge in [-0.25, -0.2) is 0 Å². The molecular formula is C14H19N3. The summed E-state index contributed by atoms with van der Waals surface area (Å²) in [6.45, 7) is 5.50. The molecule has 2 aliphatic rings. The molecule has 1 saturated heterocycles. The van der Waals surface area contributed by atoms with Crippen molar-refractivity contribution in [3.63, 3.8) is 0 Å². The largest absolute Gasteiger partial charge is 0.368 e. The maximum absolute atomic E-state index is 4.43. The summed E-state index contributed by atoms with van der Waals surface area (Å²) >= 11 is 0. The van der Waals surface area contributed by atoms with E-state index in [0.717, 1.165) is 25.5 Å². The van der Waals surface area contributed by atoms with Gasteiger partial charge < -0.3 is 5.32 Å². The molecule has 0 aromatic heterocycles. The summed E-state index contributed by atoms with van der Waals surface area (Å²) in [5, 5.41) is 3.31.